The molecule has 0 saturated carbocycles. The summed E-state index contributed by atoms with van der Waals surface area (Å²) in [5.41, 5.74) is 1.10. The molecule has 0 N–H and O–H groups in total. The van der Waals surface area contributed by atoms with E-state index in [9.17, 15) is 0 Å². The van der Waals surface area contributed by atoms with E-state index in [0.717, 1.165) is 5.56 Å². The van der Waals surface area contributed by atoms with E-state index in [1.54, 1.807) is 0 Å². The van der Waals surface area contributed by atoms with Crippen molar-refractivity contribution in [2.24, 2.45) is 0 Å². The number of benzene rings is 1. The lowest BCUT2D eigenvalue weighted by Crippen LogP contribution is -2.02. The molecule has 0 aliphatic carbocycles. The van der Waals surface area contributed by atoms with Gasteiger partial charge in [0.15, 0.2) is 6.29 Å². The summed E-state index contributed by atoms with van der Waals surface area (Å²) in [4.78, 5) is 0. The number of rotatable bonds is 1. The minimum Gasteiger partial charge on any atom is -0.346 e. The van der Waals surface area contributed by atoms with Crippen LogP contribution in [-0.2, 0) is 9.47 Å². The van der Waals surface area contributed by atoms with Crippen LogP contribution in [0.4, 0.5) is 0 Å². The maximum absolute atomic E-state index is 5.53. The van der Waals surface area contributed by atoms with Crippen molar-refractivity contribution < 1.29 is 9.47 Å². The summed E-state index contributed by atoms with van der Waals surface area (Å²) >= 11 is 0. The average molecular weight is 164 g/mol. The van der Waals surface area contributed by atoms with Crippen LogP contribution >= 0.6 is 0 Å². The second-order valence-electron chi connectivity index (χ2n) is 3.02. The summed E-state index contributed by atoms with van der Waals surface area (Å²) in [6, 6.07) is 10.0. The Morgan fingerprint density at radius 1 is 1.25 bits per heavy atom. The molecule has 0 radical (unpaired) electrons. The van der Waals surface area contributed by atoms with Gasteiger partial charge in [0.2, 0.25) is 0 Å². The molecule has 1 saturated heterocycles. The quantitative estimate of drug-likeness (QED) is 0.633. The van der Waals surface area contributed by atoms with E-state index in [1.165, 1.54) is 0 Å². The normalized spacial score (nSPS) is 29.1. The van der Waals surface area contributed by atoms with Crippen LogP contribution in [0, 0.1) is 0 Å². The molecule has 0 amide bonds. The zero-order valence-electron chi connectivity index (χ0n) is 7.07. The van der Waals surface area contributed by atoms with E-state index in [2.05, 4.69) is 0 Å². The Kier molecular flexibility index (Phi) is 2.11. The van der Waals surface area contributed by atoms with Crippen molar-refractivity contribution in [3.05, 3.63) is 35.9 Å². The minimum absolute atomic E-state index is 0.152. The highest BCUT2D eigenvalue weighted by atomic mass is 16.7. The Morgan fingerprint density at radius 2 is 2.00 bits per heavy atom. The summed E-state index contributed by atoms with van der Waals surface area (Å²) in [5, 5.41) is 0. The van der Waals surface area contributed by atoms with E-state index >= 15 is 0 Å². The second-order valence-corrected chi connectivity index (χ2v) is 3.02. The van der Waals surface area contributed by atoms with Gasteiger partial charge in [-0.25, -0.2) is 0 Å². The largest absolute Gasteiger partial charge is 0.346 e. The Bertz CT molecular complexity index is 245. The molecule has 1 aliphatic heterocycles. The van der Waals surface area contributed by atoms with Gasteiger partial charge in [0.1, 0.15) is 0 Å². The summed E-state index contributed by atoms with van der Waals surface area (Å²) in [5.74, 6) is 0. The monoisotopic (exact) mass is 164 g/mol. The maximum Gasteiger partial charge on any atom is 0.184 e. The van der Waals surface area contributed by atoms with Gasteiger partial charge >= 0.3 is 0 Å². The van der Waals surface area contributed by atoms with Crippen molar-refractivity contribution >= 4 is 0 Å². The first kappa shape index (κ1) is 7.77. The molecule has 0 spiro atoms. The van der Waals surface area contributed by atoms with Gasteiger partial charge < -0.3 is 9.47 Å². The van der Waals surface area contributed by atoms with E-state index < -0.39 is 0 Å². The SMILES string of the molecule is C[C@H]1CO[C@H](c2ccccc2)O1. The molecule has 12 heavy (non-hydrogen) atoms. The fourth-order valence-electron chi connectivity index (χ4n) is 1.30. The Labute approximate surface area is 72.1 Å². The van der Waals surface area contributed by atoms with Gasteiger partial charge in [-0.1, -0.05) is 30.3 Å². The van der Waals surface area contributed by atoms with Crippen molar-refractivity contribution in [2.75, 3.05) is 6.61 Å². The third kappa shape index (κ3) is 1.49. The van der Waals surface area contributed by atoms with Crippen LogP contribution in [0.15, 0.2) is 30.3 Å². The molecule has 1 heterocycles. The molecule has 2 heteroatoms. The fraction of sp³-hybridized carbons (Fsp3) is 0.400. The highest BCUT2D eigenvalue weighted by Gasteiger charge is 2.23. The lowest BCUT2D eigenvalue weighted by Gasteiger charge is -2.08. The topological polar surface area (TPSA) is 18.5 Å². The second kappa shape index (κ2) is 3.25. The van der Waals surface area contributed by atoms with Crippen LogP contribution in [-0.4, -0.2) is 12.7 Å². The molecule has 1 aromatic carbocycles. The van der Waals surface area contributed by atoms with Gasteiger partial charge in [0, 0.05) is 5.56 Å². The third-order valence-electron chi connectivity index (χ3n) is 1.91. The number of hydrogen-bond donors (Lipinski definition) is 0. The van der Waals surface area contributed by atoms with E-state index in [0.29, 0.717) is 6.61 Å². The van der Waals surface area contributed by atoms with Crippen LogP contribution in [0.3, 0.4) is 0 Å². The number of ether oxygens (including phenoxy) is 2. The highest BCUT2D eigenvalue weighted by molar-refractivity contribution is 5.16. The third-order valence-corrected chi connectivity index (χ3v) is 1.91. The smallest absolute Gasteiger partial charge is 0.184 e. The van der Waals surface area contributed by atoms with Gasteiger partial charge in [-0.05, 0) is 6.92 Å². The maximum atomic E-state index is 5.53. The molecule has 2 rings (SSSR count). The van der Waals surface area contributed by atoms with Crippen LogP contribution in [0.5, 0.6) is 0 Å². The highest BCUT2D eigenvalue weighted by Crippen LogP contribution is 2.25. The zero-order valence-corrected chi connectivity index (χ0v) is 7.07. The van der Waals surface area contributed by atoms with Gasteiger partial charge in [0.25, 0.3) is 0 Å². The minimum atomic E-state index is -0.152. The van der Waals surface area contributed by atoms with Crippen LogP contribution in [0.2, 0.25) is 0 Å². The molecule has 0 bridgehead atoms. The first-order chi connectivity index (χ1) is 5.86. The Balaban J connectivity index is 2.11. The fourth-order valence-corrected chi connectivity index (χ4v) is 1.30. The lowest BCUT2D eigenvalue weighted by atomic mass is 10.2. The summed E-state index contributed by atoms with van der Waals surface area (Å²) < 4.78 is 11.0. The van der Waals surface area contributed by atoms with Crippen LogP contribution in [0.1, 0.15) is 18.8 Å². The predicted molar refractivity (Wildman–Crippen MR) is 45.7 cm³/mol. The summed E-state index contributed by atoms with van der Waals surface area (Å²) in [6.07, 6.45) is 0.0661. The first-order valence-electron chi connectivity index (χ1n) is 4.18. The Morgan fingerprint density at radius 3 is 2.58 bits per heavy atom. The Hall–Kier alpha value is -0.860. The van der Waals surface area contributed by atoms with Crippen molar-refractivity contribution in [3.8, 4) is 0 Å². The molecule has 64 valence electrons. The van der Waals surface area contributed by atoms with Crippen LogP contribution < -0.4 is 0 Å². The van der Waals surface area contributed by atoms with E-state index in [4.69, 9.17) is 9.47 Å². The molecule has 0 aromatic heterocycles. The molecular weight excluding hydrogens is 152 g/mol. The van der Waals surface area contributed by atoms with Gasteiger partial charge in [-0.2, -0.15) is 0 Å². The summed E-state index contributed by atoms with van der Waals surface area (Å²) in [6.45, 7) is 2.71. The molecular formula is C10H12O2. The molecule has 0 unspecified atom stereocenters. The standard InChI is InChI=1S/C10H12O2/c1-8-7-11-10(12-8)9-5-3-2-4-6-9/h2-6,8,10H,7H2,1H3/t8-,10-/m0/s1. The van der Waals surface area contributed by atoms with E-state index in [-0.39, 0.29) is 12.4 Å². The van der Waals surface area contributed by atoms with Crippen molar-refractivity contribution in [1.82, 2.24) is 0 Å². The van der Waals surface area contributed by atoms with Crippen molar-refractivity contribution in [1.29, 1.82) is 0 Å². The molecule has 1 fully saturated rings. The summed E-state index contributed by atoms with van der Waals surface area (Å²) in [7, 11) is 0. The predicted octanol–water partition coefficient (Wildman–Crippen LogP) is 2.12. The molecule has 1 aliphatic rings. The van der Waals surface area contributed by atoms with Crippen molar-refractivity contribution in [2.45, 2.75) is 19.3 Å². The van der Waals surface area contributed by atoms with Gasteiger partial charge in [-0.15, -0.1) is 0 Å². The van der Waals surface area contributed by atoms with Gasteiger partial charge in [-0.3, -0.25) is 0 Å². The van der Waals surface area contributed by atoms with E-state index in [1.807, 2.05) is 37.3 Å². The van der Waals surface area contributed by atoms with Crippen LogP contribution in [0.25, 0.3) is 0 Å². The zero-order chi connectivity index (χ0) is 8.39. The van der Waals surface area contributed by atoms with Crippen molar-refractivity contribution in [3.63, 3.8) is 0 Å². The number of hydrogen-bond acceptors (Lipinski definition) is 2. The molecule has 2 atom stereocenters. The first-order valence-corrected chi connectivity index (χ1v) is 4.18. The van der Waals surface area contributed by atoms with Gasteiger partial charge in [0.05, 0.1) is 12.7 Å². The average Bonchev–Trinajstić information content (AvgIpc) is 2.54. The lowest BCUT2D eigenvalue weighted by molar-refractivity contribution is -0.0572. The molecule has 2 nitrogen and oxygen atoms in total. The molecule has 1 aromatic rings.